The minimum atomic E-state index is -0.284. The first-order valence-electron chi connectivity index (χ1n) is 9.66. The lowest BCUT2D eigenvalue weighted by atomic mass is 9.99. The van der Waals surface area contributed by atoms with Crippen molar-refractivity contribution in [2.75, 3.05) is 0 Å². The second-order valence-electron chi connectivity index (χ2n) is 7.09. The van der Waals surface area contributed by atoms with Crippen LogP contribution in [0.2, 0.25) is 0 Å². The molecule has 4 aromatic carbocycles. The van der Waals surface area contributed by atoms with Gasteiger partial charge in [0.25, 0.3) is 5.56 Å². The van der Waals surface area contributed by atoms with E-state index in [1.54, 1.807) is 12.1 Å². The Morgan fingerprint density at radius 2 is 1.39 bits per heavy atom. The highest BCUT2D eigenvalue weighted by molar-refractivity contribution is 6.03. The minimum absolute atomic E-state index is 0.202. The van der Waals surface area contributed by atoms with Gasteiger partial charge in [0.2, 0.25) is 0 Å². The number of fused-ring (bicyclic) bond motifs is 2. The van der Waals surface area contributed by atoms with Gasteiger partial charge in [-0.15, -0.1) is 0 Å². The molecule has 0 saturated heterocycles. The third-order valence-electron chi connectivity index (χ3n) is 5.34. The van der Waals surface area contributed by atoms with Crippen LogP contribution in [-0.2, 0) is 0 Å². The van der Waals surface area contributed by atoms with Crippen LogP contribution < -0.4 is 5.56 Å². The van der Waals surface area contributed by atoms with Crippen LogP contribution in [0.3, 0.4) is 0 Å². The summed E-state index contributed by atoms with van der Waals surface area (Å²) in [5, 5.41) is 26.8. The zero-order chi connectivity index (χ0) is 21.4. The first kappa shape index (κ1) is 18.3. The van der Waals surface area contributed by atoms with Gasteiger partial charge in [0.1, 0.15) is 12.1 Å². The van der Waals surface area contributed by atoms with Gasteiger partial charge in [-0.3, -0.25) is 4.79 Å². The molecule has 5 heteroatoms. The van der Waals surface area contributed by atoms with E-state index in [9.17, 15) is 15.3 Å². The molecular formula is C26H14N4O. The van der Waals surface area contributed by atoms with Crippen LogP contribution in [0.5, 0.6) is 0 Å². The predicted molar refractivity (Wildman–Crippen MR) is 120 cm³/mol. The van der Waals surface area contributed by atoms with Crippen molar-refractivity contribution < 1.29 is 0 Å². The molecule has 31 heavy (non-hydrogen) atoms. The number of rotatable bonds is 2. The molecule has 0 fully saturated rings. The lowest BCUT2D eigenvalue weighted by Crippen LogP contribution is -2.22. The molecule has 0 bridgehead atoms. The van der Waals surface area contributed by atoms with Crippen molar-refractivity contribution in [1.29, 1.82) is 10.5 Å². The maximum absolute atomic E-state index is 13.3. The van der Waals surface area contributed by atoms with Crippen molar-refractivity contribution in [2.24, 2.45) is 0 Å². The largest absolute Gasteiger partial charge is 0.279 e. The van der Waals surface area contributed by atoms with Crippen molar-refractivity contribution in [1.82, 2.24) is 9.78 Å². The van der Waals surface area contributed by atoms with E-state index in [-0.39, 0.29) is 16.7 Å². The Kier molecular flexibility index (Phi) is 4.28. The van der Waals surface area contributed by atoms with Gasteiger partial charge in [-0.05, 0) is 35.0 Å². The quantitative estimate of drug-likeness (QED) is 0.421. The first-order chi connectivity index (χ1) is 15.2. The summed E-state index contributed by atoms with van der Waals surface area (Å²) in [5.74, 6) is 0. The van der Waals surface area contributed by atoms with Crippen LogP contribution in [0.4, 0.5) is 0 Å². The van der Waals surface area contributed by atoms with E-state index in [1.807, 2.05) is 72.8 Å². The zero-order valence-corrected chi connectivity index (χ0v) is 16.3. The van der Waals surface area contributed by atoms with Gasteiger partial charge < -0.3 is 0 Å². The number of nitrogens with zero attached hydrogens (tertiary/aromatic N) is 4. The monoisotopic (exact) mass is 398 g/mol. The van der Waals surface area contributed by atoms with Gasteiger partial charge in [-0.1, -0.05) is 60.7 Å². The molecule has 0 saturated carbocycles. The van der Waals surface area contributed by atoms with Crippen LogP contribution in [0, 0.1) is 22.7 Å². The van der Waals surface area contributed by atoms with Gasteiger partial charge in [-0.2, -0.15) is 20.3 Å². The smallest absolute Gasteiger partial charge is 0.267 e. The second kappa shape index (κ2) is 7.26. The third-order valence-corrected chi connectivity index (χ3v) is 5.34. The molecule has 0 radical (unpaired) electrons. The molecule has 1 heterocycles. The molecule has 0 unspecified atom stereocenters. The van der Waals surface area contributed by atoms with Crippen molar-refractivity contribution in [2.45, 2.75) is 0 Å². The molecule has 0 atom stereocenters. The average Bonchev–Trinajstić information content (AvgIpc) is 2.84. The number of aromatic nitrogens is 2. The Hall–Kier alpha value is -4.74. The summed E-state index contributed by atoms with van der Waals surface area (Å²) in [4.78, 5) is 13.3. The molecule has 144 valence electrons. The molecule has 5 rings (SSSR count). The molecule has 0 amide bonds. The molecule has 0 N–H and O–H groups in total. The van der Waals surface area contributed by atoms with Gasteiger partial charge in [-0.25, -0.2) is 0 Å². The van der Waals surface area contributed by atoms with Crippen LogP contribution in [0.25, 0.3) is 38.5 Å². The van der Waals surface area contributed by atoms with E-state index in [0.29, 0.717) is 16.8 Å². The van der Waals surface area contributed by atoms with Crippen LogP contribution in [0.1, 0.15) is 11.1 Å². The second-order valence-corrected chi connectivity index (χ2v) is 7.09. The molecular weight excluding hydrogens is 384 g/mol. The van der Waals surface area contributed by atoms with E-state index >= 15 is 0 Å². The van der Waals surface area contributed by atoms with Gasteiger partial charge in [0.05, 0.1) is 27.9 Å². The molecule has 5 nitrogen and oxygen atoms in total. The Labute approximate surface area is 177 Å². The fraction of sp³-hybridized carbons (Fsp3) is 0. The minimum Gasteiger partial charge on any atom is -0.267 e. The van der Waals surface area contributed by atoms with E-state index in [4.69, 9.17) is 5.10 Å². The summed E-state index contributed by atoms with van der Waals surface area (Å²) in [7, 11) is 0. The van der Waals surface area contributed by atoms with Crippen LogP contribution in [0.15, 0.2) is 89.7 Å². The number of hydrogen-bond acceptors (Lipinski definition) is 4. The lowest BCUT2D eigenvalue weighted by molar-refractivity contribution is 0.826. The summed E-state index contributed by atoms with van der Waals surface area (Å²) >= 11 is 0. The van der Waals surface area contributed by atoms with Crippen molar-refractivity contribution in [3.8, 4) is 29.1 Å². The number of hydrogen-bond donors (Lipinski definition) is 0. The molecule has 0 aliphatic heterocycles. The molecule has 5 aromatic rings. The topological polar surface area (TPSA) is 82.5 Å². The van der Waals surface area contributed by atoms with Crippen molar-refractivity contribution in [3.05, 3.63) is 106 Å². The van der Waals surface area contributed by atoms with E-state index in [2.05, 4.69) is 0 Å². The summed E-state index contributed by atoms with van der Waals surface area (Å²) in [6.07, 6.45) is 0. The van der Waals surface area contributed by atoms with E-state index in [1.165, 1.54) is 16.8 Å². The van der Waals surface area contributed by atoms with Crippen LogP contribution in [-0.4, -0.2) is 9.78 Å². The van der Waals surface area contributed by atoms with Gasteiger partial charge in [0.15, 0.2) is 0 Å². The standard InChI is InChI=1S/C26H14N4O/c27-15-18-12-13-20(14-19(18)16-28)30-26(31)24-10-4-3-9-23(24)25(29-30)22-11-5-7-17-6-1-2-8-21(17)22/h1-14H. The van der Waals surface area contributed by atoms with Crippen molar-refractivity contribution >= 4 is 21.5 Å². The molecule has 0 aliphatic rings. The normalized spacial score (nSPS) is 10.6. The highest BCUT2D eigenvalue weighted by Crippen LogP contribution is 2.31. The summed E-state index contributed by atoms with van der Waals surface area (Å²) < 4.78 is 1.31. The molecule has 0 aliphatic carbocycles. The summed E-state index contributed by atoms with van der Waals surface area (Å²) in [6.45, 7) is 0. The Bertz CT molecular complexity index is 1630. The predicted octanol–water partition coefficient (Wildman–Crippen LogP) is 4.95. The van der Waals surface area contributed by atoms with E-state index in [0.717, 1.165) is 21.7 Å². The maximum Gasteiger partial charge on any atom is 0.279 e. The summed E-state index contributed by atoms with van der Waals surface area (Å²) in [5.41, 5.74) is 2.20. The fourth-order valence-electron chi connectivity index (χ4n) is 3.85. The zero-order valence-electron chi connectivity index (χ0n) is 16.3. The highest BCUT2D eigenvalue weighted by Gasteiger charge is 2.16. The van der Waals surface area contributed by atoms with Crippen molar-refractivity contribution in [3.63, 3.8) is 0 Å². The summed E-state index contributed by atoms with van der Waals surface area (Å²) in [6, 6.07) is 30.1. The average molecular weight is 398 g/mol. The number of benzene rings is 4. The Morgan fingerprint density at radius 1 is 0.710 bits per heavy atom. The maximum atomic E-state index is 13.3. The molecule has 0 spiro atoms. The number of nitriles is 2. The lowest BCUT2D eigenvalue weighted by Gasteiger charge is -2.13. The Morgan fingerprint density at radius 3 is 2.16 bits per heavy atom. The fourth-order valence-corrected chi connectivity index (χ4v) is 3.85. The highest BCUT2D eigenvalue weighted by atomic mass is 16.1. The SMILES string of the molecule is N#Cc1ccc(-n2nc(-c3cccc4ccccc34)c3ccccc3c2=O)cc1C#N. The van der Waals surface area contributed by atoms with Gasteiger partial charge >= 0.3 is 0 Å². The van der Waals surface area contributed by atoms with Gasteiger partial charge in [0, 0.05) is 10.9 Å². The van der Waals surface area contributed by atoms with E-state index < -0.39 is 0 Å². The van der Waals surface area contributed by atoms with Crippen LogP contribution >= 0.6 is 0 Å². The Balaban J connectivity index is 1.88. The first-order valence-corrected chi connectivity index (χ1v) is 9.66. The molecule has 1 aromatic heterocycles. The third kappa shape index (κ3) is 2.93.